The summed E-state index contributed by atoms with van der Waals surface area (Å²) in [6, 6.07) is 0.429. The fourth-order valence-corrected chi connectivity index (χ4v) is 4.64. The van der Waals surface area contributed by atoms with Gasteiger partial charge in [0.15, 0.2) is 0 Å². The average molecular weight is 415 g/mol. The predicted molar refractivity (Wildman–Crippen MR) is 109 cm³/mol. The molecule has 3 rings (SSSR count). The maximum absolute atomic E-state index is 10.4. The van der Waals surface area contributed by atoms with Crippen LogP contribution in [0.2, 0.25) is 0 Å². The number of aliphatic hydroxyl groups excluding tert-OH is 1. The van der Waals surface area contributed by atoms with Gasteiger partial charge in [-0.25, -0.2) is 0 Å². The smallest absolute Gasteiger partial charge is 0.392 e. The molecule has 0 spiro atoms. The molecule has 0 aromatic rings. The van der Waals surface area contributed by atoms with Crippen molar-refractivity contribution in [1.29, 1.82) is 0 Å². The number of rotatable bonds is 4. The molecule has 1 N–H and O–H groups in total. The molecular weight excluding hydrogens is 382 g/mol. The van der Waals surface area contributed by atoms with Gasteiger partial charge in [-0.15, -0.1) is 11.8 Å². The molecule has 144 valence electrons. The molecule has 0 aliphatic heterocycles. The second-order valence-electron chi connectivity index (χ2n) is 7.16. The monoisotopic (exact) mass is 415 g/mol. The molecule has 26 heavy (non-hydrogen) atoms. The second-order valence-corrected chi connectivity index (χ2v) is 8.44. The van der Waals surface area contributed by atoms with E-state index in [1.165, 1.54) is 36.9 Å². The molecule has 3 aliphatic rings. The van der Waals surface area contributed by atoms with Crippen LogP contribution in [0.4, 0.5) is 0 Å². The van der Waals surface area contributed by atoms with E-state index in [1.54, 1.807) is 0 Å². The summed E-state index contributed by atoms with van der Waals surface area (Å²) in [7, 11) is 4.24. The SMILES string of the molecule is C[C@@H]([C]1[CH][CH][CH][C]1S[C@@H]1CCCCCC[C@H]1O)N(C)C.[CH]1[CH][CH][CH][CH]1.[Fe+2]. The first-order valence-electron chi connectivity index (χ1n) is 9.53. The first-order valence-corrected chi connectivity index (χ1v) is 10.4. The largest absolute Gasteiger partial charge is 2.00 e. The van der Waals surface area contributed by atoms with E-state index in [0.717, 1.165) is 12.8 Å². The van der Waals surface area contributed by atoms with Crippen LogP contribution >= 0.6 is 11.8 Å². The van der Waals surface area contributed by atoms with Crippen molar-refractivity contribution in [2.75, 3.05) is 14.1 Å². The molecule has 0 amide bonds. The fraction of sp³-hybridized carbons (Fsp3) is 0.545. The quantitative estimate of drug-likeness (QED) is 0.684. The molecule has 3 saturated carbocycles. The summed E-state index contributed by atoms with van der Waals surface area (Å²) < 4.78 is 0. The van der Waals surface area contributed by atoms with Gasteiger partial charge in [0.25, 0.3) is 0 Å². The Morgan fingerprint density at radius 1 is 0.923 bits per heavy atom. The van der Waals surface area contributed by atoms with Crippen molar-refractivity contribution in [3.63, 3.8) is 0 Å². The van der Waals surface area contributed by atoms with Crippen molar-refractivity contribution < 1.29 is 22.2 Å². The molecule has 0 aromatic carbocycles. The number of aliphatic hydroxyl groups is 1. The van der Waals surface area contributed by atoms with Crippen LogP contribution in [0.1, 0.15) is 45.4 Å². The van der Waals surface area contributed by atoms with Gasteiger partial charge in [-0.2, -0.15) is 0 Å². The van der Waals surface area contributed by atoms with E-state index in [2.05, 4.69) is 45.2 Å². The van der Waals surface area contributed by atoms with Gasteiger partial charge in [0.2, 0.25) is 0 Å². The van der Waals surface area contributed by atoms with E-state index in [-0.39, 0.29) is 23.2 Å². The van der Waals surface area contributed by atoms with Crippen LogP contribution in [0.3, 0.4) is 0 Å². The first kappa shape index (κ1) is 24.8. The summed E-state index contributed by atoms with van der Waals surface area (Å²) in [6.07, 6.45) is 23.6. The molecule has 0 aromatic heterocycles. The van der Waals surface area contributed by atoms with Gasteiger partial charge < -0.3 is 10.0 Å². The van der Waals surface area contributed by atoms with Crippen LogP contribution in [0.25, 0.3) is 0 Å². The van der Waals surface area contributed by atoms with Gasteiger partial charge in [0, 0.05) is 22.5 Å². The molecule has 0 saturated heterocycles. The predicted octanol–water partition coefficient (Wildman–Crippen LogP) is 4.51. The van der Waals surface area contributed by atoms with Crippen LogP contribution in [0, 0.1) is 62.5 Å². The topological polar surface area (TPSA) is 23.5 Å². The van der Waals surface area contributed by atoms with Crippen molar-refractivity contribution in [1.82, 2.24) is 4.90 Å². The maximum Gasteiger partial charge on any atom is 2.00 e. The average Bonchev–Trinajstić information content (AvgIpc) is 3.28. The Balaban J connectivity index is 0.000000486. The molecule has 3 atom stereocenters. The van der Waals surface area contributed by atoms with Crippen molar-refractivity contribution in [2.24, 2.45) is 0 Å². The summed E-state index contributed by atoms with van der Waals surface area (Å²) in [5, 5.41) is 12.1. The van der Waals surface area contributed by atoms with Gasteiger partial charge in [0.05, 0.1) is 6.10 Å². The summed E-state index contributed by atoms with van der Waals surface area (Å²) in [5.41, 5.74) is 0. The molecular formula is C22H33FeNOS+2. The molecule has 0 unspecified atom stereocenters. The van der Waals surface area contributed by atoms with Crippen LogP contribution in [0.15, 0.2) is 0 Å². The van der Waals surface area contributed by atoms with Gasteiger partial charge in [-0.1, -0.05) is 25.7 Å². The van der Waals surface area contributed by atoms with E-state index in [4.69, 9.17) is 0 Å². The Morgan fingerprint density at radius 2 is 1.50 bits per heavy atom. The minimum absolute atomic E-state index is 0. The number of hydrogen-bond donors (Lipinski definition) is 1. The van der Waals surface area contributed by atoms with E-state index >= 15 is 0 Å². The zero-order chi connectivity index (χ0) is 18.1. The first-order chi connectivity index (χ1) is 12.1. The van der Waals surface area contributed by atoms with Crippen molar-refractivity contribution in [2.45, 2.75) is 62.8 Å². The molecule has 2 nitrogen and oxygen atoms in total. The van der Waals surface area contributed by atoms with E-state index in [1.807, 2.05) is 43.9 Å². The normalized spacial score (nSPS) is 29.4. The molecule has 0 bridgehead atoms. The summed E-state index contributed by atoms with van der Waals surface area (Å²) in [6.45, 7) is 2.24. The van der Waals surface area contributed by atoms with E-state index in [0.29, 0.717) is 11.3 Å². The van der Waals surface area contributed by atoms with Gasteiger partial charge in [0.1, 0.15) is 0 Å². The van der Waals surface area contributed by atoms with Crippen LogP contribution in [-0.4, -0.2) is 41.5 Å². The molecule has 3 fully saturated rings. The molecule has 10 radical (unpaired) electrons. The Kier molecular flexibility index (Phi) is 13.3. The van der Waals surface area contributed by atoms with Gasteiger partial charge in [-0.3, -0.25) is 0 Å². The molecule has 3 aliphatic carbocycles. The van der Waals surface area contributed by atoms with Gasteiger partial charge in [-0.05, 0) is 85.2 Å². The number of thioether (sulfide) groups is 1. The number of nitrogens with zero attached hydrogens (tertiary/aromatic N) is 1. The number of hydrogen-bond acceptors (Lipinski definition) is 3. The van der Waals surface area contributed by atoms with Crippen LogP contribution in [0.5, 0.6) is 0 Å². The second kappa shape index (κ2) is 13.9. The Labute approximate surface area is 178 Å². The minimum Gasteiger partial charge on any atom is -0.392 e. The van der Waals surface area contributed by atoms with Crippen LogP contribution in [-0.2, 0) is 17.1 Å². The third kappa shape index (κ3) is 8.43. The Hall–Kier alpha value is 0.789. The van der Waals surface area contributed by atoms with Crippen LogP contribution < -0.4 is 0 Å². The van der Waals surface area contributed by atoms with E-state index < -0.39 is 0 Å². The van der Waals surface area contributed by atoms with Crippen molar-refractivity contribution in [3.8, 4) is 0 Å². The Bertz CT molecular complexity index is 343. The maximum atomic E-state index is 10.4. The van der Waals surface area contributed by atoms with Crippen molar-refractivity contribution >= 4 is 11.8 Å². The third-order valence-electron chi connectivity index (χ3n) is 5.03. The van der Waals surface area contributed by atoms with Gasteiger partial charge >= 0.3 is 17.1 Å². The summed E-state index contributed by atoms with van der Waals surface area (Å²) in [5.74, 6) is 1.40. The fourth-order valence-electron chi connectivity index (χ4n) is 3.20. The molecule has 4 heteroatoms. The van der Waals surface area contributed by atoms with Crippen molar-refractivity contribution in [3.05, 3.63) is 62.5 Å². The minimum atomic E-state index is -0.141. The standard InChI is InChI=1S/C17H28NOS.C5H5.Fe/c1-13(18(2)3)14-9-8-12-16(14)20-17-11-7-5-4-6-10-15(17)19;1-2-4-5-3-1;/h8-9,12-13,15,17,19H,4-7,10-11H2,1-3H3;1-5H;/q;;+2/t13-,15+,17+;;/m0../s1. The Morgan fingerprint density at radius 3 is 2.08 bits per heavy atom. The zero-order valence-corrected chi connectivity index (χ0v) is 18.2. The summed E-state index contributed by atoms with van der Waals surface area (Å²) in [4.78, 5) is 2.24. The zero-order valence-electron chi connectivity index (χ0n) is 16.2. The summed E-state index contributed by atoms with van der Waals surface area (Å²) >= 11 is 1.90. The van der Waals surface area contributed by atoms with E-state index in [9.17, 15) is 5.11 Å². The molecule has 0 heterocycles. The third-order valence-corrected chi connectivity index (χ3v) is 6.51.